The number of amides is 2. The molecule has 2 amide bonds. The van der Waals surface area contributed by atoms with Crippen LogP contribution in [0.2, 0.25) is 0 Å². The Bertz CT molecular complexity index is 340. The van der Waals surface area contributed by atoms with Crippen molar-refractivity contribution in [2.45, 2.75) is 59.0 Å². The SMILES string of the molecule is CCC(CC)N(CCO)C(=O)C1CC(=O)N(C(C)C)C1. The van der Waals surface area contributed by atoms with Gasteiger partial charge in [0, 0.05) is 31.6 Å². The number of carbonyl (C=O) groups is 2. The number of aliphatic hydroxyl groups is 1. The first kappa shape index (κ1) is 17.0. The second-order valence-corrected chi connectivity index (χ2v) is 5.77. The fraction of sp³-hybridized carbons (Fsp3) is 0.867. The normalized spacial score (nSPS) is 19.2. The van der Waals surface area contributed by atoms with Gasteiger partial charge >= 0.3 is 0 Å². The molecule has 0 aromatic rings. The van der Waals surface area contributed by atoms with Crippen molar-refractivity contribution in [1.29, 1.82) is 0 Å². The van der Waals surface area contributed by atoms with E-state index in [2.05, 4.69) is 0 Å². The standard InChI is InChI=1S/C15H28N2O3/c1-5-13(6-2)16(7-8-18)15(20)12-9-14(19)17(10-12)11(3)4/h11-13,18H,5-10H2,1-4H3. The predicted molar refractivity (Wildman–Crippen MR) is 78.1 cm³/mol. The number of aliphatic hydroxyl groups excluding tert-OH is 1. The van der Waals surface area contributed by atoms with E-state index in [1.807, 2.05) is 27.7 Å². The quantitative estimate of drug-likeness (QED) is 0.765. The number of hydrogen-bond donors (Lipinski definition) is 1. The molecule has 1 fully saturated rings. The second-order valence-electron chi connectivity index (χ2n) is 5.77. The van der Waals surface area contributed by atoms with Crippen LogP contribution in [-0.4, -0.2) is 58.5 Å². The van der Waals surface area contributed by atoms with Crippen LogP contribution >= 0.6 is 0 Å². The molecule has 1 saturated heterocycles. The summed E-state index contributed by atoms with van der Waals surface area (Å²) in [5.41, 5.74) is 0. The highest BCUT2D eigenvalue weighted by Gasteiger charge is 2.38. The van der Waals surface area contributed by atoms with Crippen LogP contribution in [0, 0.1) is 5.92 Å². The molecule has 0 aliphatic carbocycles. The van der Waals surface area contributed by atoms with Crippen LogP contribution in [0.25, 0.3) is 0 Å². The highest BCUT2D eigenvalue weighted by Crippen LogP contribution is 2.24. The number of likely N-dealkylation sites (tertiary alicyclic amines) is 1. The summed E-state index contributed by atoms with van der Waals surface area (Å²) in [6.45, 7) is 8.87. The highest BCUT2D eigenvalue weighted by molar-refractivity contribution is 5.89. The molecule has 116 valence electrons. The third-order valence-electron chi connectivity index (χ3n) is 4.14. The zero-order valence-electron chi connectivity index (χ0n) is 13.1. The molecule has 1 heterocycles. The molecule has 0 aromatic carbocycles. The third kappa shape index (κ3) is 3.72. The fourth-order valence-electron chi connectivity index (χ4n) is 2.94. The summed E-state index contributed by atoms with van der Waals surface area (Å²) in [5.74, 6) is -0.173. The summed E-state index contributed by atoms with van der Waals surface area (Å²) in [6.07, 6.45) is 2.05. The number of rotatable bonds is 7. The minimum atomic E-state index is -0.253. The van der Waals surface area contributed by atoms with Gasteiger partial charge in [0.25, 0.3) is 0 Å². The molecule has 0 bridgehead atoms. The molecule has 20 heavy (non-hydrogen) atoms. The van der Waals surface area contributed by atoms with Gasteiger partial charge in [0.1, 0.15) is 0 Å². The Labute approximate surface area is 121 Å². The van der Waals surface area contributed by atoms with E-state index < -0.39 is 0 Å². The molecular weight excluding hydrogens is 256 g/mol. The Morgan fingerprint density at radius 3 is 2.40 bits per heavy atom. The summed E-state index contributed by atoms with van der Waals surface area (Å²) >= 11 is 0. The van der Waals surface area contributed by atoms with Gasteiger partial charge in [-0.2, -0.15) is 0 Å². The zero-order valence-corrected chi connectivity index (χ0v) is 13.1. The lowest BCUT2D eigenvalue weighted by atomic mass is 10.0. The van der Waals surface area contributed by atoms with E-state index in [0.717, 1.165) is 12.8 Å². The van der Waals surface area contributed by atoms with Gasteiger partial charge in [-0.3, -0.25) is 9.59 Å². The maximum absolute atomic E-state index is 12.6. The maximum atomic E-state index is 12.6. The van der Waals surface area contributed by atoms with Crippen molar-refractivity contribution >= 4 is 11.8 Å². The Morgan fingerprint density at radius 2 is 2.00 bits per heavy atom. The van der Waals surface area contributed by atoms with Crippen molar-refractivity contribution in [2.75, 3.05) is 19.7 Å². The van der Waals surface area contributed by atoms with Crippen molar-refractivity contribution < 1.29 is 14.7 Å². The lowest BCUT2D eigenvalue weighted by Crippen LogP contribution is -2.45. The van der Waals surface area contributed by atoms with E-state index in [1.165, 1.54) is 0 Å². The van der Waals surface area contributed by atoms with Gasteiger partial charge in [0.05, 0.1) is 12.5 Å². The van der Waals surface area contributed by atoms with Gasteiger partial charge < -0.3 is 14.9 Å². The van der Waals surface area contributed by atoms with Crippen molar-refractivity contribution in [3.63, 3.8) is 0 Å². The minimum Gasteiger partial charge on any atom is -0.395 e. The van der Waals surface area contributed by atoms with Gasteiger partial charge in [-0.1, -0.05) is 13.8 Å². The van der Waals surface area contributed by atoms with E-state index in [1.54, 1.807) is 9.80 Å². The molecule has 5 heteroatoms. The number of nitrogens with zero attached hydrogens (tertiary/aromatic N) is 2. The van der Waals surface area contributed by atoms with Crippen LogP contribution < -0.4 is 0 Å². The van der Waals surface area contributed by atoms with Crippen molar-refractivity contribution in [3.8, 4) is 0 Å². The summed E-state index contributed by atoms with van der Waals surface area (Å²) < 4.78 is 0. The smallest absolute Gasteiger partial charge is 0.228 e. The van der Waals surface area contributed by atoms with E-state index in [4.69, 9.17) is 0 Å². The molecule has 5 nitrogen and oxygen atoms in total. The largest absolute Gasteiger partial charge is 0.395 e. The molecule has 1 aliphatic heterocycles. The summed E-state index contributed by atoms with van der Waals surface area (Å²) in [6, 6.07) is 0.289. The molecular formula is C15H28N2O3. The van der Waals surface area contributed by atoms with Crippen LogP contribution in [0.4, 0.5) is 0 Å². The summed E-state index contributed by atoms with van der Waals surface area (Å²) in [7, 11) is 0. The fourth-order valence-corrected chi connectivity index (χ4v) is 2.94. The van der Waals surface area contributed by atoms with Crippen molar-refractivity contribution in [3.05, 3.63) is 0 Å². The van der Waals surface area contributed by atoms with Crippen LogP contribution in [0.1, 0.15) is 47.0 Å². The molecule has 0 spiro atoms. The molecule has 1 atom stereocenters. The van der Waals surface area contributed by atoms with Gasteiger partial charge in [-0.05, 0) is 26.7 Å². The minimum absolute atomic E-state index is 0.0178. The number of hydrogen-bond acceptors (Lipinski definition) is 3. The van der Waals surface area contributed by atoms with Crippen LogP contribution in [0.15, 0.2) is 0 Å². The first-order valence-corrected chi connectivity index (χ1v) is 7.66. The maximum Gasteiger partial charge on any atom is 0.228 e. The number of carbonyl (C=O) groups excluding carboxylic acids is 2. The lowest BCUT2D eigenvalue weighted by Gasteiger charge is -2.32. The van der Waals surface area contributed by atoms with Crippen LogP contribution in [0.3, 0.4) is 0 Å². The van der Waals surface area contributed by atoms with Gasteiger partial charge in [-0.25, -0.2) is 0 Å². The van der Waals surface area contributed by atoms with E-state index in [9.17, 15) is 14.7 Å². The highest BCUT2D eigenvalue weighted by atomic mass is 16.3. The van der Waals surface area contributed by atoms with Gasteiger partial charge in [-0.15, -0.1) is 0 Å². The summed E-state index contributed by atoms with van der Waals surface area (Å²) in [5, 5.41) is 9.19. The van der Waals surface area contributed by atoms with E-state index in [-0.39, 0.29) is 36.4 Å². The predicted octanol–water partition coefficient (Wildman–Crippen LogP) is 1.25. The van der Waals surface area contributed by atoms with Crippen molar-refractivity contribution in [2.24, 2.45) is 5.92 Å². The topological polar surface area (TPSA) is 60.9 Å². The lowest BCUT2D eigenvalue weighted by molar-refractivity contribution is -0.138. The van der Waals surface area contributed by atoms with Crippen LogP contribution in [0.5, 0.6) is 0 Å². The molecule has 1 N–H and O–H groups in total. The molecule has 1 rings (SSSR count). The Morgan fingerprint density at radius 1 is 1.40 bits per heavy atom. The third-order valence-corrected chi connectivity index (χ3v) is 4.14. The second kappa shape index (κ2) is 7.62. The van der Waals surface area contributed by atoms with Crippen molar-refractivity contribution in [1.82, 2.24) is 9.80 Å². The molecule has 0 saturated carbocycles. The molecule has 0 radical (unpaired) electrons. The average molecular weight is 284 g/mol. The Balaban J connectivity index is 2.78. The Hall–Kier alpha value is -1.10. The summed E-state index contributed by atoms with van der Waals surface area (Å²) in [4.78, 5) is 28.1. The van der Waals surface area contributed by atoms with E-state index >= 15 is 0 Å². The zero-order chi connectivity index (χ0) is 15.3. The molecule has 1 aliphatic rings. The Kier molecular flexibility index (Phi) is 6.46. The van der Waals surface area contributed by atoms with Crippen LogP contribution in [-0.2, 0) is 9.59 Å². The van der Waals surface area contributed by atoms with Gasteiger partial charge in [0.15, 0.2) is 0 Å². The molecule has 0 aromatic heterocycles. The first-order chi connectivity index (χ1) is 9.46. The van der Waals surface area contributed by atoms with Gasteiger partial charge in [0.2, 0.25) is 11.8 Å². The first-order valence-electron chi connectivity index (χ1n) is 7.66. The van der Waals surface area contributed by atoms with E-state index in [0.29, 0.717) is 19.5 Å². The molecule has 1 unspecified atom stereocenters. The average Bonchev–Trinajstić information content (AvgIpc) is 2.80. The monoisotopic (exact) mass is 284 g/mol.